The first kappa shape index (κ1) is 20.4. The second-order valence-electron chi connectivity index (χ2n) is 7.25. The molecule has 0 saturated carbocycles. The molecule has 0 aliphatic carbocycles. The maximum Gasteiger partial charge on any atom is 0.242 e. The number of rotatable bonds is 7. The van der Waals surface area contributed by atoms with Crippen molar-refractivity contribution in [2.45, 2.75) is 45.7 Å². The highest BCUT2D eigenvalue weighted by Crippen LogP contribution is 2.34. The number of carbonyl (C=O) groups excluding carboxylic acids is 2. The SMILES string of the molecule is CCC(=O)N(CC(=O)N1CCc2sccc2[C@H]1COc1ccccc1)C(C)C. The molecule has 1 aliphatic heterocycles. The van der Waals surface area contributed by atoms with E-state index in [0.717, 1.165) is 12.2 Å². The summed E-state index contributed by atoms with van der Waals surface area (Å²) in [5.41, 5.74) is 1.17. The maximum atomic E-state index is 13.2. The fourth-order valence-corrected chi connectivity index (χ4v) is 4.49. The fraction of sp³-hybridized carbons (Fsp3) is 0.455. The molecule has 2 heterocycles. The molecule has 0 bridgehead atoms. The average molecular weight is 401 g/mol. The van der Waals surface area contributed by atoms with Crippen LogP contribution in [0.5, 0.6) is 5.75 Å². The van der Waals surface area contributed by atoms with Gasteiger partial charge >= 0.3 is 0 Å². The first-order valence-corrected chi connectivity index (χ1v) is 10.7. The predicted octanol–water partition coefficient (Wildman–Crippen LogP) is 3.90. The number of carbonyl (C=O) groups is 2. The van der Waals surface area contributed by atoms with Gasteiger partial charge in [-0.15, -0.1) is 11.3 Å². The Morgan fingerprint density at radius 1 is 1.25 bits per heavy atom. The molecule has 0 spiro atoms. The summed E-state index contributed by atoms with van der Waals surface area (Å²) in [4.78, 5) is 30.3. The van der Waals surface area contributed by atoms with Crippen molar-refractivity contribution in [1.82, 2.24) is 9.80 Å². The number of thiophene rings is 1. The number of fused-ring (bicyclic) bond motifs is 1. The van der Waals surface area contributed by atoms with Gasteiger partial charge in [0.25, 0.3) is 0 Å². The van der Waals surface area contributed by atoms with Crippen LogP contribution in [0.15, 0.2) is 41.8 Å². The van der Waals surface area contributed by atoms with Gasteiger partial charge in [0.2, 0.25) is 11.8 Å². The molecule has 2 aromatic rings. The lowest BCUT2D eigenvalue weighted by Gasteiger charge is -2.37. The third kappa shape index (κ3) is 4.55. The number of amides is 2. The molecule has 0 unspecified atom stereocenters. The molecule has 0 saturated heterocycles. The average Bonchev–Trinajstić information content (AvgIpc) is 3.19. The van der Waals surface area contributed by atoms with Gasteiger partial charge in [0.15, 0.2) is 0 Å². The maximum absolute atomic E-state index is 13.2. The molecule has 1 aromatic heterocycles. The van der Waals surface area contributed by atoms with E-state index in [1.807, 2.05) is 56.0 Å². The predicted molar refractivity (Wildman–Crippen MR) is 112 cm³/mol. The van der Waals surface area contributed by atoms with Crippen LogP contribution in [-0.2, 0) is 16.0 Å². The molecule has 1 atom stereocenters. The van der Waals surface area contributed by atoms with Crippen LogP contribution >= 0.6 is 11.3 Å². The summed E-state index contributed by atoms with van der Waals surface area (Å²) >= 11 is 1.73. The van der Waals surface area contributed by atoms with Crippen molar-refractivity contribution in [2.75, 3.05) is 19.7 Å². The van der Waals surface area contributed by atoms with Gasteiger partial charge in [0.1, 0.15) is 12.4 Å². The Bertz CT molecular complexity index is 803. The van der Waals surface area contributed by atoms with E-state index in [-0.39, 0.29) is 30.4 Å². The molecular weight excluding hydrogens is 372 g/mol. The summed E-state index contributed by atoms with van der Waals surface area (Å²) < 4.78 is 6.00. The van der Waals surface area contributed by atoms with Crippen LogP contribution in [-0.4, -0.2) is 47.4 Å². The van der Waals surface area contributed by atoms with E-state index in [1.165, 1.54) is 10.4 Å². The summed E-state index contributed by atoms with van der Waals surface area (Å²) in [7, 11) is 0. The normalized spacial score (nSPS) is 16.0. The number of hydrogen-bond acceptors (Lipinski definition) is 4. The van der Waals surface area contributed by atoms with Crippen LogP contribution in [0.4, 0.5) is 0 Å². The highest BCUT2D eigenvalue weighted by molar-refractivity contribution is 7.10. The van der Waals surface area contributed by atoms with Crippen LogP contribution in [0.25, 0.3) is 0 Å². The Balaban J connectivity index is 1.77. The quantitative estimate of drug-likeness (QED) is 0.708. The number of nitrogens with zero attached hydrogens (tertiary/aromatic N) is 2. The number of hydrogen-bond donors (Lipinski definition) is 0. The van der Waals surface area contributed by atoms with Crippen LogP contribution in [0, 0.1) is 0 Å². The van der Waals surface area contributed by atoms with E-state index in [2.05, 4.69) is 11.4 Å². The lowest BCUT2D eigenvalue weighted by Crippen LogP contribution is -2.49. The standard InChI is InChI=1S/C22H28N2O3S/c1-4-21(25)24(16(2)3)14-22(26)23-12-10-20-18(11-13-28-20)19(23)15-27-17-8-6-5-7-9-17/h5-9,11,13,16,19H,4,10,12,14-15H2,1-3H3/t19-/m1/s1. The van der Waals surface area contributed by atoms with Gasteiger partial charge in [0, 0.05) is 23.9 Å². The largest absolute Gasteiger partial charge is 0.491 e. The lowest BCUT2D eigenvalue weighted by molar-refractivity contribution is -0.144. The van der Waals surface area contributed by atoms with E-state index < -0.39 is 0 Å². The van der Waals surface area contributed by atoms with Gasteiger partial charge in [-0.2, -0.15) is 0 Å². The summed E-state index contributed by atoms with van der Waals surface area (Å²) in [5, 5.41) is 2.08. The Hall–Kier alpha value is -2.34. The molecule has 150 valence electrons. The minimum atomic E-state index is -0.131. The van der Waals surface area contributed by atoms with Crippen LogP contribution in [0.2, 0.25) is 0 Å². The number of ether oxygens (including phenoxy) is 1. The third-order valence-electron chi connectivity index (χ3n) is 5.12. The van der Waals surface area contributed by atoms with Gasteiger partial charge in [-0.1, -0.05) is 25.1 Å². The fourth-order valence-electron chi connectivity index (χ4n) is 3.56. The Kier molecular flexibility index (Phi) is 6.73. The van der Waals surface area contributed by atoms with Crippen molar-refractivity contribution < 1.29 is 14.3 Å². The van der Waals surface area contributed by atoms with E-state index in [1.54, 1.807) is 16.2 Å². The van der Waals surface area contributed by atoms with Crippen molar-refractivity contribution >= 4 is 23.2 Å². The number of para-hydroxylation sites is 1. The second-order valence-corrected chi connectivity index (χ2v) is 8.25. The minimum absolute atomic E-state index is 0.00285. The van der Waals surface area contributed by atoms with Crippen LogP contribution < -0.4 is 4.74 Å². The monoisotopic (exact) mass is 400 g/mol. The smallest absolute Gasteiger partial charge is 0.242 e. The molecule has 1 aliphatic rings. The summed E-state index contributed by atoms with van der Waals surface area (Å²) in [6.07, 6.45) is 1.25. The Morgan fingerprint density at radius 3 is 2.68 bits per heavy atom. The molecule has 0 N–H and O–H groups in total. The molecule has 3 rings (SSSR count). The molecule has 1 aromatic carbocycles. The van der Waals surface area contributed by atoms with Gasteiger partial charge < -0.3 is 14.5 Å². The number of benzene rings is 1. The van der Waals surface area contributed by atoms with Gasteiger partial charge in [-0.25, -0.2) is 0 Å². The van der Waals surface area contributed by atoms with E-state index >= 15 is 0 Å². The highest BCUT2D eigenvalue weighted by atomic mass is 32.1. The molecular formula is C22H28N2O3S. The Morgan fingerprint density at radius 2 is 2.00 bits per heavy atom. The first-order chi connectivity index (χ1) is 13.5. The third-order valence-corrected chi connectivity index (χ3v) is 6.11. The summed E-state index contributed by atoms with van der Waals surface area (Å²) in [6.45, 7) is 6.90. The minimum Gasteiger partial charge on any atom is -0.491 e. The van der Waals surface area contributed by atoms with Gasteiger partial charge in [0.05, 0.1) is 12.6 Å². The molecule has 28 heavy (non-hydrogen) atoms. The van der Waals surface area contributed by atoms with Crippen LogP contribution in [0.1, 0.15) is 43.7 Å². The zero-order valence-electron chi connectivity index (χ0n) is 16.8. The van der Waals surface area contributed by atoms with Crippen molar-refractivity contribution in [1.29, 1.82) is 0 Å². The molecule has 6 heteroatoms. The molecule has 5 nitrogen and oxygen atoms in total. The molecule has 0 radical (unpaired) electrons. The second kappa shape index (κ2) is 9.24. The van der Waals surface area contributed by atoms with Crippen LogP contribution in [0.3, 0.4) is 0 Å². The van der Waals surface area contributed by atoms with Crippen molar-refractivity contribution in [2.24, 2.45) is 0 Å². The molecule has 2 amide bonds. The zero-order chi connectivity index (χ0) is 20.1. The highest BCUT2D eigenvalue weighted by Gasteiger charge is 2.33. The zero-order valence-corrected chi connectivity index (χ0v) is 17.6. The molecule has 0 fully saturated rings. The van der Waals surface area contributed by atoms with E-state index in [9.17, 15) is 9.59 Å². The van der Waals surface area contributed by atoms with Crippen molar-refractivity contribution in [3.63, 3.8) is 0 Å². The van der Waals surface area contributed by atoms with Crippen molar-refractivity contribution in [3.05, 3.63) is 52.2 Å². The lowest BCUT2D eigenvalue weighted by atomic mass is 10.00. The summed E-state index contributed by atoms with van der Waals surface area (Å²) in [6, 6.07) is 11.6. The Labute approximate surface area is 170 Å². The van der Waals surface area contributed by atoms with E-state index in [0.29, 0.717) is 19.6 Å². The van der Waals surface area contributed by atoms with Gasteiger partial charge in [-0.3, -0.25) is 9.59 Å². The van der Waals surface area contributed by atoms with Crippen molar-refractivity contribution in [3.8, 4) is 5.75 Å². The topological polar surface area (TPSA) is 49.9 Å². The first-order valence-electron chi connectivity index (χ1n) is 9.84. The summed E-state index contributed by atoms with van der Waals surface area (Å²) in [5.74, 6) is 0.782. The van der Waals surface area contributed by atoms with Gasteiger partial charge in [-0.05, 0) is 49.4 Å². The van der Waals surface area contributed by atoms with E-state index in [4.69, 9.17) is 4.74 Å².